The topological polar surface area (TPSA) is 73.4 Å². The van der Waals surface area contributed by atoms with Crippen LogP contribution in [0.15, 0.2) is 43.0 Å². The van der Waals surface area contributed by atoms with Crippen LogP contribution in [-0.4, -0.2) is 47.8 Å². The third kappa shape index (κ3) is 4.04. The van der Waals surface area contributed by atoms with Gasteiger partial charge in [-0.1, -0.05) is 24.3 Å². The Morgan fingerprint density at radius 2 is 2.12 bits per heavy atom. The van der Waals surface area contributed by atoms with Gasteiger partial charge >= 0.3 is 0 Å². The summed E-state index contributed by atoms with van der Waals surface area (Å²) in [5.74, 6) is 0.138. The van der Waals surface area contributed by atoms with Crippen molar-refractivity contribution < 1.29 is 4.79 Å². The quantitative estimate of drug-likeness (QED) is 0.496. The zero-order valence-electron chi connectivity index (χ0n) is 14.5. The van der Waals surface area contributed by atoms with Crippen molar-refractivity contribution >= 4 is 17.4 Å². The second-order valence-corrected chi connectivity index (χ2v) is 6.18. The van der Waals surface area contributed by atoms with E-state index >= 15 is 0 Å². The fourth-order valence-electron chi connectivity index (χ4n) is 2.78. The van der Waals surface area contributed by atoms with Crippen LogP contribution in [-0.2, 0) is 0 Å². The molecule has 128 valence electrons. The smallest absolute Gasteiger partial charge is 0.253 e. The average Bonchev–Trinajstić information content (AvgIpc) is 2.61. The number of guanidine groups is 1. The zero-order valence-corrected chi connectivity index (χ0v) is 14.5. The van der Waals surface area contributed by atoms with Gasteiger partial charge in [0.25, 0.3) is 5.91 Å². The molecule has 1 aromatic rings. The second-order valence-electron chi connectivity index (χ2n) is 6.18. The average molecular weight is 326 g/mol. The van der Waals surface area contributed by atoms with Crippen molar-refractivity contribution in [3.63, 3.8) is 0 Å². The summed E-state index contributed by atoms with van der Waals surface area (Å²) in [4.78, 5) is 16.1. The van der Waals surface area contributed by atoms with Crippen LogP contribution >= 0.6 is 0 Å². The molecule has 0 radical (unpaired) electrons. The molecule has 1 amide bonds. The van der Waals surface area contributed by atoms with Gasteiger partial charge in [0.1, 0.15) is 0 Å². The molecular weight excluding hydrogens is 300 g/mol. The minimum absolute atomic E-state index is 0.0243. The van der Waals surface area contributed by atoms with Crippen LogP contribution in [0.1, 0.15) is 35.7 Å². The predicted octanol–water partition coefficient (Wildman–Crippen LogP) is 2.71. The molecule has 1 aliphatic rings. The van der Waals surface area contributed by atoms with Gasteiger partial charge in [0, 0.05) is 31.7 Å². The van der Waals surface area contributed by atoms with Crippen LogP contribution in [0.3, 0.4) is 0 Å². The first-order chi connectivity index (χ1) is 11.4. The largest absolute Gasteiger partial charge is 0.370 e. The molecule has 0 aromatic heterocycles. The van der Waals surface area contributed by atoms with Gasteiger partial charge in [-0.2, -0.15) is 0 Å². The number of rotatable bonds is 5. The molecule has 5 nitrogen and oxygen atoms in total. The van der Waals surface area contributed by atoms with Crippen molar-refractivity contribution in [3.05, 3.63) is 54.1 Å². The number of amides is 1. The maximum absolute atomic E-state index is 12.5. The minimum Gasteiger partial charge on any atom is -0.370 e. The molecule has 0 bridgehead atoms. The SMILES string of the molecule is C=CCC(C)N(C)C(=O)c1ccc(C2=CCN(C(=N)N)CC2)cc1. The Bertz CT molecular complexity index is 648. The summed E-state index contributed by atoms with van der Waals surface area (Å²) in [6.07, 6.45) is 5.56. The highest BCUT2D eigenvalue weighted by Gasteiger charge is 2.17. The van der Waals surface area contributed by atoms with Gasteiger partial charge < -0.3 is 15.5 Å². The minimum atomic E-state index is 0.0243. The fraction of sp³-hybridized carbons (Fsp3) is 0.368. The first-order valence-corrected chi connectivity index (χ1v) is 8.20. The predicted molar refractivity (Wildman–Crippen MR) is 98.9 cm³/mol. The summed E-state index contributed by atoms with van der Waals surface area (Å²) in [5, 5.41) is 7.47. The Balaban J connectivity index is 2.07. The lowest BCUT2D eigenvalue weighted by Crippen LogP contribution is -2.39. The summed E-state index contributed by atoms with van der Waals surface area (Å²) < 4.78 is 0. The Hall–Kier alpha value is -2.56. The summed E-state index contributed by atoms with van der Waals surface area (Å²) in [6.45, 7) is 7.15. The molecule has 0 saturated heterocycles. The Kier molecular flexibility index (Phi) is 5.79. The van der Waals surface area contributed by atoms with Gasteiger partial charge in [0.15, 0.2) is 5.96 Å². The third-order valence-electron chi connectivity index (χ3n) is 4.54. The maximum Gasteiger partial charge on any atom is 0.253 e. The van der Waals surface area contributed by atoms with Gasteiger partial charge in [-0.05, 0) is 43.0 Å². The first-order valence-electron chi connectivity index (χ1n) is 8.20. The number of hydrogen-bond acceptors (Lipinski definition) is 2. The fourth-order valence-corrected chi connectivity index (χ4v) is 2.78. The standard InChI is InChI=1S/C19H26N4O/c1-4-5-14(2)22(3)18(24)17-8-6-15(7-9-17)16-10-12-23(13-11-16)19(20)21/h4,6-10,14H,1,5,11-13H2,2-3H3,(H3,20,21). The highest BCUT2D eigenvalue weighted by Crippen LogP contribution is 2.23. The lowest BCUT2D eigenvalue weighted by Gasteiger charge is -2.27. The summed E-state index contributed by atoms with van der Waals surface area (Å²) in [6, 6.07) is 7.89. The van der Waals surface area contributed by atoms with E-state index in [1.165, 1.54) is 5.57 Å². The van der Waals surface area contributed by atoms with Crippen molar-refractivity contribution in [3.8, 4) is 0 Å². The molecule has 1 aliphatic heterocycles. The van der Waals surface area contributed by atoms with Crippen molar-refractivity contribution in [2.75, 3.05) is 20.1 Å². The molecule has 5 heteroatoms. The van der Waals surface area contributed by atoms with Gasteiger partial charge in [0.05, 0.1) is 0 Å². The number of carbonyl (C=O) groups is 1. The number of nitrogens with one attached hydrogen (secondary N) is 1. The maximum atomic E-state index is 12.5. The molecule has 1 aromatic carbocycles. The van der Waals surface area contributed by atoms with Gasteiger partial charge in [-0.25, -0.2) is 0 Å². The third-order valence-corrected chi connectivity index (χ3v) is 4.54. The number of benzene rings is 1. The van der Waals surface area contributed by atoms with Crippen LogP contribution < -0.4 is 5.73 Å². The second kappa shape index (κ2) is 7.81. The van der Waals surface area contributed by atoms with E-state index in [0.717, 1.165) is 24.9 Å². The van der Waals surface area contributed by atoms with Crippen LogP contribution in [0.4, 0.5) is 0 Å². The van der Waals surface area contributed by atoms with E-state index in [2.05, 4.69) is 12.7 Å². The van der Waals surface area contributed by atoms with Crippen LogP contribution in [0.2, 0.25) is 0 Å². The van der Waals surface area contributed by atoms with E-state index in [9.17, 15) is 4.79 Å². The van der Waals surface area contributed by atoms with Crippen molar-refractivity contribution in [1.29, 1.82) is 5.41 Å². The van der Waals surface area contributed by atoms with Crippen LogP contribution in [0.25, 0.3) is 5.57 Å². The number of nitrogens with two attached hydrogens (primary N) is 1. The zero-order chi connectivity index (χ0) is 17.7. The number of carbonyl (C=O) groups excluding carboxylic acids is 1. The molecule has 1 heterocycles. The molecule has 3 N–H and O–H groups in total. The Morgan fingerprint density at radius 1 is 1.46 bits per heavy atom. The lowest BCUT2D eigenvalue weighted by molar-refractivity contribution is 0.0745. The Morgan fingerprint density at radius 3 is 2.62 bits per heavy atom. The highest BCUT2D eigenvalue weighted by molar-refractivity contribution is 5.94. The first kappa shape index (κ1) is 17.8. The molecule has 0 aliphatic carbocycles. The van der Waals surface area contributed by atoms with E-state index in [-0.39, 0.29) is 17.9 Å². The lowest BCUT2D eigenvalue weighted by atomic mass is 9.98. The molecule has 0 saturated carbocycles. The summed E-state index contributed by atoms with van der Waals surface area (Å²) in [5.41, 5.74) is 8.56. The molecule has 0 spiro atoms. The van der Waals surface area contributed by atoms with E-state index in [1.807, 2.05) is 49.2 Å². The van der Waals surface area contributed by atoms with E-state index in [0.29, 0.717) is 12.1 Å². The number of nitrogens with zero attached hydrogens (tertiary/aromatic N) is 2. The van der Waals surface area contributed by atoms with Crippen LogP contribution in [0, 0.1) is 5.41 Å². The monoisotopic (exact) mass is 326 g/mol. The van der Waals surface area contributed by atoms with E-state index in [1.54, 1.807) is 4.90 Å². The van der Waals surface area contributed by atoms with Gasteiger partial charge in [-0.3, -0.25) is 10.2 Å². The van der Waals surface area contributed by atoms with Crippen molar-refractivity contribution in [2.45, 2.75) is 25.8 Å². The van der Waals surface area contributed by atoms with Gasteiger partial charge in [0.2, 0.25) is 0 Å². The molecule has 2 rings (SSSR count). The Labute approximate surface area is 143 Å². The van der Waals surface area contributed by atoms with Crippen molar-refractivity contribution in [1.82, 2.24) is 9.80 Å². The normalized spacial score (nSPS) is 15.4. The molecular formula is C19H26N4O. The van der Waals surface area contributed by atoms with E-state index in [4.69, 9.17) is 11.1 Å². The van der Waals surface area contributed by atoms with E-state index < -0.39 is 0 Å². The summed E-state index contributed by atoms with van der Waals surface area (Å²) in [7, 11) is 1.82. The van der Waals surface area contributed by atoms with Crippen molar-refractivity contribution in [2.24, 2.45) is 5.73 Å². The van der Waals surface area contributed by atoms with Gasteiger partial charge in [-0.15, -0.1) is 6.58 Å². The highest BCUT2D eigenvalue weighted by atomic mass is 16.2. The number of hydrogen-bond donors (Lipinski definition) is 2. The van der Waals surface area contributed by atoms with Crippen LogP contribution in [0.5, 0.6) is 0 Å². The molecule has 1 atom stereocenters. The summed E-state index contributed by atoms with van der Waals surface area (Å²) >= 11 is 0. The molecule has 24 heavy (non-hydrogen) atoms. The molecule has 0 fully saturated rings. The molecule has 1 unspecified atom stereocenters.